The third-order valence-corrected chi connectivity index (χ3v) is 3.69. The highest BCUT2D eigenvalue weighted by Gasteiger charge is 2.05. The van der Waals surface area contributed by atoms with Gasteiger partial charge in [0.2, 0.25) is 0 Å². The number of alkyl halides is 1. The van der Waals surface area contributed by atoms with Crippen LogP contribution in [0.3, 0.4) is 0 Å². The normalized spacial score (nSPS) is 12.5. The fraction of sp³-hybridized carbons (Fsp3) is 0.600. The summed E-state index contributed by atoms with van der Waals surface area (Å²) in [5, 5.41) is 1.08. The third kappa shape index (κ3) is 4.71. The number of hydrogen-bond acceptors (Lipinski definition) is 1. The fourth-order valence-corrected chi connectivity index (χ4v) is 2.63. The van der Waals surface area contributed by atoms with Crippen molar-refractivity contribution in [2.24, 2.45) is 5.92 Å². The molecule has 0 aliphatic heterocycles. The highest BCUT2D eigenvalue weighted by Crippen LogP contribution is 2.23. The molecule has 0 aliphatic rings. The summed E-state index contributed by atoms with van der Waals surface area (Å²) in [5.74, 6) is 1.77. The van der Waals surface area contributed by atoms with E-state index in [4.69, 9.17) is 4.74 Å². The van der Waals surface area contributed by atoms with Gasteiger partial charge in [-0.2, -0.15) is 0 Å². The maximum absolute atomic E-state index is 5.90. The first kappa shape index (κ1) is 14.6. The molecule has 0 aliphatic carbocycles. The lowest BCUT2D eigenvalue weighted by atomic mass is 10.1. The summed E-state index contributed by atoms with van der Waals surface area (Å²) in [6.45, 7) is 9.48. The van der Waals surface area contributed by atoms with Crippen LogP contribution in [0.4, 0.5) is 0 Å². The van der Waals surface area contributed by atoms with Gasteiger partial charge in [0.05, 0.1) is 6.61 Å². The summed E-state index contributed by atoms with van der Waals surface area (Å²) >= 11 is 3.48. The topological polar surface area (TPSA) is 9.23 Å². The number of aryl methyl sites for hydroxylation is 2. The van der Waals surface area contributed by atoms with Crippen LogP contribution in [0.15, 0.2) is 12.1 Å². The van der Waals surface area contributed by atoms with E-state index in [0.717, 1.165) is 30.0 Å². The third-order valence-electron chi connectivity index (χ3n) is 3.23. The van der Waals surface area contributed by atoms with E-state index in [1.54, 1.807) is 0 Å². The Bertz CT molecular complexity index is 360. The molecule has 0 saturated carbocycles. The first-order valence-corrected chi connectivity index (χ1v) is 7.43. The van der Waals surface area contributed by atoms with E-state index in [1.807, 2.05) is 0 Å². The van der Waals surface area contributed by atoms with Crippen molar-refractivity contribution < 1.29 is 4.74 Å². The van der Waals surface area contributed by atoms with Gasteiger partial charge < -0.3 is 4.74 Å². The first-order valence-electron chi connectivity index (χ1n) is 6.31. The maximum atomic E-state index is 5.90. The lowest BCUT2D eigenvalue weighted by Gasteiger charge is -2.14. The van der Waals surface area contributed by atoms with E-state index < -0.39 is 0 Å². The lowest BCUT2D eigenvalue weighted by Crippen LogP contribution is -2.06. The van der Waals surface area contributed by atoms with Crippen molar-refractivity contribution in [2.75, 3.05) is 11.9 Å². The van der Waals surface area contributed by atoms with E-state index in [9.17, 15) is 0 Å². The summed E-state index contributed by atoms with van der Waals surface area (Å²) in [6, 6.07) is 4.34. The van der Waals surface area contributed by atoms with E-state index in [2.05, 4.69) is 55.8 Å². The van der Waals surface area contributed by atoms with Gasteiger partial charge in [0, 0.05) is 5.33 Å². The first-order chi connectivity index (χ1) is 8.04. The monoisotopic (exact) mass is 298 g/mol. The Morgan fingerprint density at radius 3 is 2.53 bits per heavy atom. The molecule has 0 heterocycles. The molecule has 0 saturated heterocycles. The molecular formula is C15H23BrO. The fourth-order valence-electron chi connectivity index (χ4n) is 1.85. The molecule has 1 aromatic carbocycles. The minimum atomic E-state index is 0.723. The number of ether oxygens (including phenoxy) is 1. The van der Waals surface area contributed by atoms with Gasteiger partial charge in [-0.15, -0.1) is 0 Å². The second kappa shape index (κ2) is 7.05. The molecule has 1 unspecified atom stereocenters. The number of rotatable bonds is 6. The molecule has 0 N–H and O–H groups in total. The summed E-state index contributed by atoms with van der Waals surface area (Å²) in [7, 11) is 0. The van der Waals surface area contributed by atoms with Crippen LogP contribution in [-0.2, 0) is 0 Å². The van der Waals surface area contributed by atoms with Gasteiger partial charge in [0.15, 0.2) is 0 Å². The highest BCUT2D eigenvalue weighted by molar-refractivity contribution is 9.09. The van der Waals surface area contributed by atoms with Crippen LogP contribution < -0.4 is 4.74 Å². The molecule has 1 atom stereocenters. The molecule has 0 bridgehead atoms. The van der Waals surface area contributed by atoms with Crippen molar-refractivity contribution in [3.8, 4) is 5.75 Å². The van der Waals surface area contributed by atoms with Crippen LogP contribution in [0.25, 0.3) is 0 Å². The molecular weight excluding hydrogens is 276 g/mol. The molecule has 2 heteroatoms. The van der Waals surface area contributed by atoms with Crippen LogP contribution in [0.5, 0.6) is 5.75 Å². The Morgan fingerprint density at radius 2 is 1.88 bits per heavy atom. The van der Waals surface area contributed by atoms with Gasteiger partial charge in [0.25, 0.3) is 0 Å². The second-order valence-corrected chi connectivity index (χ2v) is 5.72. The van der Waals surface area contributed by atoms with E-state index in [-0.39, 0.29) is 0 Å². The molecule has 0 amide bonds. The summed E-state index contributed by atoms with van der Waals surface area (Å²) < 4.78 is 5.90. The van der Waals surface area contributed by atoms with Crippen LogP contribution in [-0.4, -0.2) is 11.9 Å². The Hall–Kier alpha value is -0.500. The zero-order valence-electron chi connectivity index (χ0n) is 11.3. The quantitative estimate of drug-likeness (QED) is 0.685. The van der Waals surface area contributed by atoms with Gasteiger partial charge in [-0.3, -0.25) is 0 Å². The van der Waals surface area contributed by atoms with Crippen molar-refractivity contribution >= 4 is 15.9 Å². The summed E-state index contributed by atoms with van der Waals surface area (Å²) in [6.07, 6.45) is 2.34. The molecule has 17 heavy (non-hydrogen) atoms. The van der Waals surface area contributed by atoms with Crippen molar-refractivity contribution in [2.45, 2.75) is 40.5 Å². The molecule has 0 radical (unpaired) electrons. The molecule has 1 aromatic rings. The SMILES string of the molecule is Cc1cc(C)c(C)c(OCCC(C)CCBr)c1. The Labute approximate surface area is 114 Å². The van der Waals surface area contributed by atoms with Crippen molar-refractivity contribution in [3.05, 3.63) is 28.8 Å². The van der Waals surface area contributed by atoms with Crippen molar-refractivity contribution in [1.29, 1.82) is 0 Å². The number of benzene rings is 1. The predicted molar refractivity (Wildman–Crippen MR) is 78.3 cm³/mol. The van der Waals surface area contributed by atoms with Crippen molar-refractivity contribution in [1.82, 2.24) is 0 Å². The molecule has 1 rings (SSSR count). The number of halogens is 1. The van der Waals surface area contributed by atoms with Crippen LogP contribution >= 0.6 is 15.9 Å². The van der Waals surface area contributed by atoms with Gasteiger partial charge in [-0.25, -0.2) is 0 Å². The number of hydrogen-bond donors (Lipinski definition) is 0. The molecule has 1 nitrogen and oxygen atoms in total. The van der Waals surface area contributed by atoms with Gasteiger partial charge in [-0.1, -0.05) is 28.9 Å². The molecule has 0 fully saturated rings. The average molecular weight is 299 g/mol. The highest BCUT2D eigenvalue weighted by atomic mass is 79.9. The lowest BCUT2D eigenvalue weighted by molar-refractivity contribution is 0.280. The van der Waals surface area contributed by atoms with Crippen LogP contribution in [0, 0.1) is 26.7 Å². The maximum Gasteiger partial charge on any atom is 0.122 e. The van der Waals surface area contributed by atoms with Crippen LogP contribution in [0.2, 0.25) is 0 Å². The summed E-state index contributed by atoms with van der Waals surface area (Å²) in [4.78, 5) is 0. The molecule has 96 valence electrons. The summed E-state index contributed by atoms with van der Waals surface area (Å²) in [5.41, 5.74) is 3.86. The minimum absolute atomic E-state index is 0.723. The van der Waals surface area contributed by atoms with Crippen molar-refractivity contribution in [3.63, 3.8) is 0 Å². The molecule has 0 aromatic heterocycles. The van der Waals surface area contributed by atoms with E-state index in [0.29, 0.717) is 0 Å². The van der Waals surface area contributed by atoms with Gasteiger partial charge >= 0.3 is 0 Å². The van der Waals surface area contributed by atoms with Gasteiger partial charge in [-0.05, 0) is 62.3 Å². The Morgan fingerprint density at radius 1 is 1.18 bits per heavy atom. The van der Waals surface area contributed by atoms with Crippen LogP contribution in [0.1, 0.15) is 36.5 Å². The zero-order valence-corrected chi connectivity index (χ0v) is 12.9. The van der Waals surface area contributed by atoms with E-state index >= 15 is 0 Å². The molecule has 0 spiro atoms. The van der Waals surface area contributed by atoms with E-state index in [1.165, 1.54) is 23.1 Å². The largest absolute Gasteiger partial charge is 0.493 e. The Kier molecular flexibility index (Phi) is 6.04. The standard InChI is InChI=1S/C15H23BrO/c1-11(5-7-16)6-8-17-15-10-12(2)9-13(3)14(15)4/h9-11H,5-8H2,1-4H3. The Balaban J connectivity index is 2.52. The predicted octanol–water partition coefficient (Wildman–Crippen LogP) is 4.80. The average Bonchev–Trinajstić information content (AvgIpc) is 2.25. The second-order valence-electron chi connectivity index (χ2n) is 4.92. The van der Waals surface area contributed by atoms with Gasteiger partial charge in [0.1, 0.15) is 5.75 Å². The smallest absolute Gasteiger partial charge is 0.122 e. The minimum Gasteiger partial charge on any atom is -0.493 e. The zero-order chi connectivity index (χ0) is 12.8.